The lowest BCUT2D eigenvalue weighted by atomic mass is 9.98. The summed E-state index contributed by atoms with van der Waals surface area (Å²) in [4.78, 5) is 26.0. The molecule has 0 aliphatic rings. The molecule has 1 aromatic heterocycles. The van der Waals surface area contributed by atoms with Gasteiger partial charge in [0.1, 0.15) is 5.58 Å². The van der Waals surface area contributed by atoms with Gasteiger partial charge in [-0.15, -0.1) is 0 Å². The Bertz CT molecular complexity index is 1380. The van der Waals surface area contributed by atoms with Crippen LogP contribution in [0, 0.1) is 6.92 Å². The highest BCUT2D eigenvalue weighted by molar-refractivity contribution is 6.12. The minimum atomic E-state index is -0.285. The van der Waals surface area contributed by atoms with E-state index in [1.54, 1.807) is 0 Å². The molecule has 5 heteroatoms. The van der Waals surface area contributed by atoms with Crippen LogP contribution in [0.4, 0.5) is 11.4 Å². The molecule has 0 saturated carbocycles. The molecule has 4 aromatic rings. The van der Waals surface area contributed by atoms with Crippen LogP contribution in [0.1, 0.15) is 60.3 Å². The molecular formula is C31H36N2O3. The molecule has 3 aromatic carbocycles. The van der Waals surface area contributed by atoms with Crippen molar-refractivity contribution in [2.75, 3.05) is 23.7 Å². The first-order valence-corrected chi connectivity index (χ1v) is 12.6. The van der Waals surface area contributed by atoms with E-state index in [9.17, 15) is 9.59 Å². The summed E-state index contributed by atoms with van der Waals surface area (Å²) in [6.45, 7) is 12.2. The number of hydrogen-bond acceptors (Lipinski definition) is 5. The maximum Gasteiger partial charge on any atom is 0.336 e. The average Bonchev–Trinajstić information content (AvgIpc) is 2.89. The summed E-state index contributed by atoms with van der Waals surface area (Å²) in [6.07, 6.45) is 1.89. The van der Waals surface area contributed by atoms with Crippen molar-refractivity contribution in [3.8, 4) is 0 Å². The SMILES string of the molecule is CCN(CC)c1ccc2c(C)cc(=O)oc2c1.CCc1ccc(C(=O)c2ccc(CC)cc2N)cc1. The predicted molar refractivity (Wildman–Crippen MR) is 150 cm³/mol. The van der Waals surface area contributed by atoms with Crippen molar-refractivity contribution >= 4 is 28.1 Å². The van der Waals surface area contributed by atoms with Crippen molar-refractivity contribution < 1.29 is 9.21 Å². The molecule has 0 amide bonds. The lowest BCUT2D eigenvalue weighted by Crippen LogP contribution is -2.21. The number of aryl methyl sites for hydroxylation is 3. The third kappa shape index (κ3) is 6.22. The third-order valence-corrected chi connectivity index (χ3v) is 6.46. The van der Waals surface area contributed by atoms with Gasteiger partial charge in [0, 0.05) is 53.1 Å². The first-order chi connectivity index (χ1) is 17.3. The van der Waals surface area contributed by atoms with Gasteiger partial charge in [0.15, 0.2) is 5.78 Å². The van der Waals surface area contributed by atoms with E-state index < -0.39 is 0 Å². The number of carbonyl (C=O) groups is 1. The number of ketones is 1. The first-order valence-electron chi connectivity index (χ1n) is 12.6. The number of carbonyl (C=O) groups excluding carboxylic acids is 1. The molecule has 0 saturated heterocycles. The van der Waals surface area contributed by atoms with Gasteiger partial charge in [-0.3, -0.25) is 4.79 Å². The van der Waals surface area contributed by atoms with Crippen LogP contribution in [0.25, 0.3) is 11.0 Å². The van der Waals surface area contributed by atoms with Crippen LogP contribution in [0.15, 0.2) is 75.9 Å². The minimum Gasteiger partial charge on any atom is -0.423 e. The summed E-state index contributed by atoms with van der Waals surface area (Å²) in [7, 11) is 0. The molecule has 0 fully saturated rings. The topological polar surface area (TPSA) is 76.5 Å². The van der Waals surface area contributed by atoms with Gasteiger partial charge < -0.3 is 15.1 Å². The Labute approximate surface area is 213 Å². The molecule has 0 atom stereocenters. The Balaban J connectivity index is 0.000000202. The zero-order valence-electron chi connectivity index (χ0n) is 21.9. The van der Waals surface area contributed by atoms with Gasteiger partial charge in [-0.2, -0.15) is 0 Å². The Morgan fingerprint density at radius 1 is 0.833 bits per heavy atom. The molecule has 5 nitrogen and oxygen atoms in total. The molecule has 0 aliphatic heterocycles. The number of fused-ring (bicyclic) bond motifs is 1. The summed E-state index contributed by atoms with van der Waals surface area (Å²) in [5.74, 6) is -0.0113. The summed E-state index contributed by atoms with van der Waals surface area (Å²) in [6, 6.07) is 20.9. The standard InChI is InChI=1S/C17H19NO.C14H17NO2/c1-3-12-5-8-14(9-6-12)17(19)15-10-7-13(4-2)11-16(15)18;1-4-15(5-2)11-6-7-12-10(3)8-14(16)17-13(12)9-11/h5-11H,3-4,18H2,1-2H3;6-9H,4-5H2,1-3H3. The van der Waals surface area contributed by atoms with Crippen LogP contribution >= 0.6 is 0 Å². The van der Waals surface area contributed by atoms with Crippen molar-refractivity contribution in [2.45, 2.75) is 47.5 Å². The second-order valence-electron chi connectivity index (χ2n) is 8.76. The van der Waals surface area contributed by atoms with E-state index >= 15 is 0 Å². The fraction of sp³-hybridized carbons (Fsp3) is 0.290. The Hall–Kier alpha value is -3.86. The van der Waals surface area contributed by atoms with Crippen molar-refractivity contribution in [3.05, 3.63) is 105 Å². The number of nitrogens with two attached hydrogens (primary N) is 1. The van der Waals surface area contributed by atoms with Gasteiger partial charge >= 0.3 is 5.63 Å². The van der Waals surface area contributed by atoms with E-state index in [1.165, 1.54) is 11.6 Å². The highest BCUT2D eigenvalue weighted by Crippen LogP contribution is 2.23. The highest BCUT2D eigenvalue weighted by Gasteiger charge is 2.12. The second kappa shape index (κ2) is 12.2. The Kier molecular flexibility index (Phi) is 9.07. The maximum atomic E-state index is 12.4. The van der Waals surface area contributed by atoms with Gasteiger partial charge in [-0.05, 0) is 74.6 Å². The predicted octanol–water partition coefficient (Wildman–Crippen LogP) is 6.57. The fourth-order valence-electron chi connectivity index (χ4n) is 4.19. The molecule has 0 unspecified atom stereocenters. The first kappa shape index (κ1) is 26.7. The van der Waals surface area contributed by atoms with E-state index in [0.717, 1.165) is 48.1 Å². The average molecular weight is 485 g/mol. The van der Waals surface area contributed by atoms with Crippen molar-refractivity contribution in [1.29, 1.82) is 0 Å². The number of anilines is 2. The Morgan fingerprint density at radius 3 is 2.06 bits per heavy atom. The number of nitrogen functional groups attached to an aromatic ring is 1. The van der Waals surface area contributed by atoms with Gasteiger partial charge in [-0.25, -0.2) is 4.79 Å². The smallest absolute Gasteiger partial charge is 0.336 e. The quantitative estimate of drug-likeness (QED) is 0.182. The van der Waals surface area contributed by atoms with Crippen LogP contribution in [0.2, 0.25) is 0 Å². The second-order valence-corrected chi connectivity index (χ2v) is 8.76. The molecule has 0 bridgehead atoms. The summed E-state index contributed by atoms with van der Waals surface area (Å²) in [5, 5.41) is 1.00. The lowest BCUT2D eigenvalue weighted by Gasteiger charge is -2.21. The number of hydrogen-bond donors (Lipinski definition) is 1. The van der Waals surface area contributed by atoms with E-state index in [-0.39, 0.29) is 11.4 Å². The van der Waals surface area contributed by atoms with Gasteiger partial charge in [0.05, 0.1) is 0 Å². The van der Waals surface area contributed by atoms with E-state index in [2.05, 4.69) is 38.7 Å². The number of benzene rings is 3. The molecule has 0 spiro atoms. The molecule has 4 rings (SSSR count). The zero-order valence-corrected chi connectivity index (χ0v) is 21.9. The summed E-state index contributed by atoms with van der Waals surface area (Å²) >= 11 is 0. The molecule has 0 radical (unpaired) electrons. The van der Waals surface area contributed by atoms with Crippen LogP contribution in [-0.4, -0.2) is 18.9 Å². The Morgan fingerprint density at radius 2 is 1.47 bits per heavy atom. The zero-order chi connectivity index (χ0) is 26.2. The summed E-state index contributed by atoms with van der Waals surface area (Å²) in [5.41, 5.74) is 12.6. The molecule has 36 heavy (non-hydrogen) atoms. The van der Waals surface area contributed by atoms with Crippen LogP contribution in [0.5, 0.6) is 0 Å². The van der Waals surface area contributed by atoms with Crippen LogP contribution < -0.4 is 16.3 Å². The van der Waals surface area contributed by atoms with E-state index in [1.807, 2.05) is 61.5 Å². The summed E-state index contributed by atoms with van der Waals surface area (Å²) < 4.78 is 5.24. The monoisotopic (exact) mass is 484 g/mol. The highest BCUT2D eigenvalue weighted by atomic mass is 16.4. The number of nitrogens with zero attached hydrogens (tertiary/aromatic N) is 1. The van der Waals surface area contributed by atoms with Gasteiger partial charge in [-0.1, -0.05) is 44.2 Å². The lowest BCUT2D eigenvalue weighted by molar-refractivity contribution is 0.103. The van der Waals surface area contributed by atoms with E-state index in [4.69, 9.17) is 10.2 Å². The molecule has 188 valence electrons. The number of rotatable bonds is 7. The van der Waals surface area contributed by atoms with Crippen molar-refractivity contribution in [3.63, 3.8) is 0 Å². The molecule has 2 N–H and O–H groups in total. The van der Waals surface area contributed by atoms with Crippen molar-refractivity contribution in [2.24, 2.45) is 0 Å². The third-order valence-electron chi connectivity index (χ3n) is 6.46. The van der Waals surface area contributed by atoms with Gasteiger partial charge in [0.25, 0.3) is 0 Å². The van der Waals surface area contributed by atoms with Crippen LogP contribution in [-0.2, 0) is 12.8 Å². The largest absolute Gasteiger partial charge is 0.423 e. The van der Waals surface area contributed by atoms with E-state index in [0.29, 0.717) is 22.4 Å². The van der Waals surface area contributed by atoms with Crippen LogP contribution in [0.3, 0.4) is 0 Å². The normalized spacial score (nSPS) is 10.6. The molecular weight excluding hydrogens is 448 g/mol. The maximum absolute atomic E-state index is 12.4. The fourth-order valence-corrected chi connectivity index (χ4v) is 4.19. The molecule has 1 heterocycles. The molecule has 0 aliphatic carbocycles. The van der Waals surface area contributed by atoms with Gasteiger partial charge in [0.2, 0.25) is 0 Å². The minimum absolute atomic E-state index is 0.0113. The van der Waals surface area contributed by atoms with Crippen molar-refractivity contribution in [1.82, 2.24) is 0 Å².